The van der Waals surface area contributed by atoms with Crippen molar-refractivity contribution in [2.24, 2.45) is 0 Å². The molecule has 1 rings (SSSR count). The summed E-state index contributed by atoms with van der Waals surface area (Å²) in [6.07, 6.45) is 0. The van der Waals surface area contributed by atoms with Crippen LogP contribution in [0, 0.1) is 0 Å². The predicted molar refractivity (Wildman–Crippen MR) is 49.1 cm³/mol. The number of carbonyl (C=O) groups excluding carboxylic acids is 1. The van der Waals surface area contributed by atoms with Gasteiger partial charge in [0.05, 0.1) is 12.7 Å². The molecule has 13 heavy (non-hydrogen) atoms. The van der Waals surface area contributed by atoms with Crippen molar-refractivity contribution in [2.75, 3.05) is 12.8 Å². The van der Waals surface area contributed by atoms with E-state index in [0.29, 0.717) is 5.75 Å². The number of Topliss-reactive ketones (excluding diaryl/α,β-unsaturated/α-hetero) is 1. The number of benzene rings is 1. The van der Waals surface area contributed by atoms with Gasteiger partial charge < -0.3 is 15.6 Å². The van der Waals surface area contributed by atoms with E-state index in [9.17, 15) is 9.90 Å². The van der Waals surface area contributed by atoms with Crippen molar-refractivity contribution in [1.82, 2.24) is 0 Å². The number of phenols is 1. The Morgan fingerprint density at radius 3 is 2.62 bits per heavy atom. The van der Waals surface area contributed by atoms with Gasteiger partial charge in [-0.2, -0.15) is 0 Å². The van der Waals surface area contributed by atoms with Gasteiger partial charge in [-0.1, -0.05) is 0 Å². The number of aromatic hydroxyl groups is 1. The second-order valence-corrected chi connectivity index (χ2v) is 2.63. The molecule has 0 fully saturated rings. The molecule has 0 atom stereocenters. The molecular formula is C9H11NO3. The number of phenolic OH excluding ortho intramolecular Hbond substituents is 1. The van der Waals surface area contributed by atoms with E-state index >= 15 is 0 Å². The molecule has 1 aromatic carbocycles. The first-order valence-electron chi connectivity index (χ1n) is 3.74. The maximum Gasteiger partial charge on any atom is 0.163 e. The van der Waals surface area contributed by atoms with E-state index in [1.165, 1.54) is 20.1 Å². The minimum absolute atomic E-state index is 0.0928. The molecule has 0 spiro atoms. The Kier molecular flexibility index (Phi) is 2.41. The average Bonchev–Trinajstić information content (AvgIpc) is 2.09. The van der Waals surface area contributed by atoms with Crippen LogP contribution in [0.3, 0.4) is 0 Å². The standard InChI is InChI=1S/C9H11NO3/c1-5(11)6-3-4-7(13-2)8(10)9(6)12/h3-4,12H,10H2,1-2H3. The second-order valence-electron chi connectivity index (χ2n) is 2.63. The van der Waals surface area contributed by atoms with Gasteiger partial charge in [-0.3, -0.25) is 4.79 Å². The van der Waals surface area contributed by atoms with Crippen molar-refractivity contribution < 1.29 is 14.6 Å². The Bertz CT molecular complexity index is 347. The van der Waals surface area contributed by atoms with Crippen molar-refractivity contribution >= 4 is 11.5 Å². The number of ketones is 1. The fourth-order valence-corrected chi connectivity index (χ4v) is 1.05. The van der Waals surface area contributed by atoms with Gasteiger partial charge in [-0.05, 0) is 19.1 Å². The van der Waals surface area contributed by atoms with Crippen LogP contribution in [0.5, 0.6) is 11.5 Å². The van der Waals surface area contributed by atoms with E-state index in [1.54, 1.807) is 6.07 Å². The van der Waals surface area contributed by atoms with Gasteiger partial charge in [0.2, 0.25) is 0 Å². The number of nitrogen functional groups attached to an aromatic ring is 1. The third-order valence-electron chi connectivity index (χ3n) is 1.78. The van der Waals surface area contributed by atoms with E-state index in [0.717, 1.165) is 0 Å². The molecule has 0 bridgehead atoms. The van der Waals surface area contributed by atoms with Gasteiger partial charge in [0, 0.05) is 0 Å². The van der Waals surface area contributed by atoms with E-state index in [2.05, 4.69) is 0 Å². The highest BCUT2D eigenvalue weighted by molar-refractivity contribution is 5.99. The van der Waals surface area contributed by atoms with Crippen LogP contribution >= 0.6 is 0 Å². The summed E-state index contributed by atoms with van der Waals surface area (Å²) >= 11 is 0. The molecule has 0 radical (unpaired) electrons. The first-order valence-corrected chi connectivity index (χ1v) is 3.74. The molecule has 70 valence electrons. The van der Waals surface area contributed by atoms with Crippen LogP contribution in [-0.4, -0.2) is 18.0 Å². The number of carbonyl (C=O) groups is 1. The number of methoxy groups -OCH3 is 1. The molecule has 0 aliphatic carbocycles. The van der Waals surface area contributed by atoms with E-state index in [-0.39, 0.29) is 22.8 Å². The summed E-state index contributed by atoms with van der Waals surface area (Å²) in [6.45, 7) is 1.36. The Labute approximate surface area is 75.9 Å². The maximum atomic E-state index is 11.0. The average molecular weight is 181 g/mol. The molecule has 0 saturated heterocycles. The summed E-state index contributed by atoms with van der Waals surface area (Å²) in [5, 5.41) is 9.45. The molecule has 0 heterocycles. The Morgan fingerprint density at radius 1 is 1.54 bits per heavy atom. The van der Waals surface area contributed by atoms with Crippen molar-refractivity contribution in [1.29, 1.82) is 0 Å². The number of anilines is 1. The minimum Gasteiger partial charge on any atom is -0.505 e. The molecule has 4 heteroatoms. The number of nitrogens with two attached hydrogens (primary N) is 1. The lowest BCUT2D eigenvalue weighted by Crippen LogP contribution is -1.98. The maximum absolute atomic E-state index is 11.0. The van der Waals surface area contributed by atoms with Crippen LogP contribution in [0.1, 0.15) is 17.3 Å². The number of ether oxygens (including phenoxy) is 1. The zero-order valence-corrected chi connectivity index (χ0v) is 7.50. The zero-order valence-electron chi connectivity index (χ0n) is 7.50. The Balaban J connectivity index is 3.31. The lowest BCUT2D eigenvalue weighted by atomic mass is 10.1. The Hall–Kier alpha value is -1.71. The van der Waals surface area contributed by atoms with Crippen LogP contribution in [0.2, 0.25) is 0 Å². The fourth-order valence-electron chi connectivity index (χ4n) is 1.05. The van der Waals surface area contributed by atoms with Crippen LogP contribution in [0.25, 0.3) is 0 Å². The van der Waals surface area contributed by atoms with E-state index in [4.69, 9.17) is 10.5 Å². The van der Waals surface area contributed by atoms with Crippen molar-refractivity contribution in [3.63, 3.8) is 0 Å². The summed E-state index contributed by atoms with van der Waals surface area (Å²) in [5.74, 6) is -0.0822. The quantitative estimate of drug-likeness (QED) is 0.408. The van der Waals surface area contributed by atoms with Crippen LogP contribution in [0.4, 0.5) is 5.69 Å². The predicted octanol–water partition coefficient (Wildman–Crippen LogP) is 1.19. The topological polar surface area (TPSA) is 72.5 Å². The minimum atomic E-state index is -0.230. The van der Waals surface area contributed by atoms with Crippen LogP contribution < -0.4 is 10.5 Å². The largest absolute Gasteiger partial charge is 0.505 e. The van der Waals surface area contributed by atoms with Crippen molar-refractivity contribution in [3.05, 3.63) is 17.7 Å². The number of hydrogen-bond acceptors (Lipinski definition) is 4. The zero-order chi connectivity index (χ0) is 10.0. The highest BCUT2D eigenvalue weighted by Gasteiger charge is 2.12. The molecule has 3 N–H and O–H groups in total. The van der Waals surface area contributed by atoms with Gasteiger partial charge in [0.25, 0.3) is 0 Å². The lowest BCUT2D eigenvalue weighted by molar-refractivity contribution is 0.101. The third kappa shape index (κ3) is 1.56. The molecule has 0 amide bonds. The summed E-state index contributed by atoms with van der Waals surface area (Å²) in [6, 6.07) is 3.03. The van der Waals surface area contributed by atoms with Crippen molar-refractivity contribution in [3.8, 4) is 11.5 Å². The molecule has 4 nitrogen and oxygen atoms in total. The monoisotopic (exact) mass is 181 g/mol. The van der Waals surface area contributed by atoms with Crippen LogP contribution in [0.15, 0.2) is 12.1 Å². The lowest BCUT2D eigenvalue weighted by Gasteiger charge is -2.08. The third-order valence-corrected chi connectivity index (χ3v) is 1.78. The molecule has 0 aliphatic heterocycles. The SMILES string of the molecule is COc1ccc(C(C)=O)c(O)c1N. The number of rotatable bonds is 2. The Morgan fingerprint density at radius 2 is 2.15 bits per heavy atom. The van der Waals surface area contributed by atoms with Gasteiger partial charge in [0.1, 0.15) is 11.4 Å². The summed E-state index contributed by atoms with van der Waals surface area (Å²) < 4.78 is 4.86. The number of hydrogen-bond donors (Lipinski definition) is 2. The molecule has 0 aromatic heterocycles. The molecule has 0 unspecified atom stereocenters. The molecular weight excluding hydrogens is 170 g/mol. The van der Waals surface area contributed by atoms with Crippen LogP contribution in [-0.2, 0) is 0 Å². The smallest absolute Gasteiger partial charge is 0.163 e. The van der Waals surface area contributed by atoms with Gasteiger partial charge >= 0.3 is 0 Å². The summed E-state index contributed by atoms with van der Waals surface area (Å²) in [4.78, 5) is 11.0. The normalized spacial score (nSPS) is 9.69. The highest BCUT2D eigenvalue weighted by Crippen LogP contribution is 2.33. The van der Waals surface area contributed by atoms with E-state index in [1.807, 2.05) is 0 Å². The highest BCUT2D eigenvalue weighted by atomic mass is 16.5. The first kappa shape index (κ1) is 9.38. The fraction of sp³-hybridized carbons (Fsp3) is 0.222. The van der Waals surface area contributed by atoms with Crippen molar-refractivity contribution in [2.45, 2.75) is 6.92 Å². The summed E-state index contributed by atoms with van der Waals surface area (Å²) in [5.41, 5.74) is 5.80. The van der Waals surface area contributed by atoms with Gasteiger partial charge in [-0.25, -0.2) is 0 Å². The first-order chi connectivity index (χ1) is 6.07. The second kappa shape index (κ2) is 3.35. The molecule has 1 aromatic rings. The van der Waals surface area contributed by atoms with Gasteiger partial charge in [0.15, 0.2) is 11.5 Å². The molecule has 0 aliphatic rings. The van der Waals surface area contributed by atoms with E-state index < -0.39 is 0 Å². The summed E-state index contributed by atoms with van der Waals surface area (Å²) in [7, 11) is 1.44. The van der Waals surface area contributed by atoms with Gasteiger partial charge in [-0.15, -0.1) is 0 Å². The molecule has 0 saturated carbocycles.